The predicted octanol–water partition coefficient (Wildman–Crippen LogP) is 2.29. The number of halogens is 2. The van der Waals surface area contributed by atoms with Gasteiger partial charge in [0.1, 0.15) is 6.10 Å². The van der Waals surface area contributed by atoms with E-state index in [9.17, 15) is 17.2 Å². The Balaban J connectivity index is 3.01. The van der Waals surface area contributed by atoms with Gasteiger partial charge in [-0.2, -0.15) is 13.7 Å². The van der Waals surface area contributed by atoms with Crippen molar-refractivity contribution in [2.75, 3.05) is 6.26 Å². The summed E-state index contributed by atoms with van der Waals surface area (Å²) in [5, 5.41) is 8.47. The molecule has 0 saturated carbocycles. The topological polar surface area (TPSA) is 67.2 Å². The van der Waals surface area contributed by atoms with E-state index in [-0.39, 0.29) is 18.4 Å². The second-order valence-electron chi connectivity index (χ2n) is 3.66. The number of hydrogen-bond acceptors (Lipinski definition) is 4. The number of rotatable bonds is 5. The zero-order valence-corrected chi connectivity index (χ0v) is 10.4. The average Bonchev–Trinajstić information content (AvgIpc) is 2.26. The fourth-order valence-electron chi connectivity index (χ4n) is 1.39. The van der Waals surface area contributed by atoms with Crippen LogP contribution < -0.4 is 0 Å². The minimum Gasteiger partial charge on any atom is -0.262 e. The van der Waals surface area contributed by atoms with Crippen LogP contribution in [0.5, 0.6) is 0 Å². The van der Waals surface area contributed by atoms with Crippen LogP contribution in [-0.2, 0) is 14.3 Å². The molecule has 0 aliphatic rings. The molecule has 0 aromatic heterocycles. The van der Waals surface area contributed by atoms with Crippen LogP contribution in [0.2, 0.25) is 0 Å². The van der Waals surface area contributed by atoms with Crippen molar-refractivity contribution < 1.29 is 21.4 Å². The van der Waals surface area contributed by atoms with Crippen molar-refractivity contribution in [3.63, 3.8) is 0 Å². The summed E-state index contributed by atoms with van der Waals surface area (Å²) >= 11 is 0. The van der Waals surface area contributed by atoms with Gasteiger partial charge in [-0.15, -0.1) is 0 Å². The van der Waals surface area contributed by atoms with E-state index in [0.717, 1.165) is 18.4 Å². The fraction of sp³-hybridized carbons (Fsp3) is 0.364. The molecule has 0 aliphatic heterocycles. The lowest BCUT2D eigenvalue weighted by Gasteiger charge is -2.15. The third kappa shape index (κ3) is 4.39. The standard InChI is InChI=1S/C11H11F2NO3S/c1-18(15,16)17-11(3-2-6-14)8-4-5-9(12)10(13)7-8/h4-5,7,11H,2-3H2,1H3. The van der Waals surface area contributed by atoms with E-state index in [1.165, 1.54) is 6.07 Å². The van der Waals surface area contributed by atoms with Gasteiger partial charge in [-0.3, -0.25) is 4.18 Å². The number of benzene rings is 1. The van der Waals surface area contributed by atoms with Crippen LogP contribution in [0.25, 0.3) is 0 Å². The molecule has 1 aromatic rings. The molecule has 1 rings (SSSR count). The van der Waals surface area contributed by atoms with Crippen LogP contribution in [0.4, 0.5) is 8.78 Å². The second kappa shape index (κ2) is 5.89. The van der Waals surface area contributed by atoms with Gasteiger partial charge in [-0.1, -0.05) is 6.07 Å². The predicted molar refractivity (Wildman–Crippen MR) is 59.9 cm³/mol. The van der Waals surface area contributed by atoms with Crippen molar-refractivity contribution in [2.45, 2.75) is 18.9 Å². The summed E-state index contributed by atoms with van der Waals surface area (Å²) in [5.74, 6) is -2.12. The zero-order valence-electron chi connectivity index (χ0n) is 9.56. The van der Waals surface area contributed by atoms with Gasteiger partial charge in [-0.25, -0.2) is 8.78 Å². The lowest BCUT2D eigenvalue weighted by Crippen LogP contribution is -2.11. The molecule has 0 saturated heterocycles. The molecule has 1 aromatic carbocycles. The van der Waals surface area contributed by atoms with Crippen LogP contribution in [-0.4, -0.2) is 14.7 Å². The van der Waals surface area contributed by atoms with Gasteiger partial charge in [-0.05, 0) is 24.1 Å². The van der Waals surface area contributed by atoms with Gasteiger partial charge in [0.15, 0.2) is 11.6 Å². The highest BCUT2D eigenvalue weighted by Crippen LogP contribution is 2.25. The summed E-state index contributed by atoms with van der Waals surface area (Å²) in [6, 6.07) is 4.81. The molecule has 18 heavy (non-hydrogen) atoms. The minimum atomic E-state index is -3.75. The van der Waals surface area contributed by atoms with Crippen LogP contribution in [0.15, 0.2) is 18.2 Å². The number of hydrogen-bond donors (Lipinski definition) is 0. The van der Waals surface area contributed by atoms with Crippen molar-refractivity contribution in [2.24, 2.45) is 0 Å². The van der Waals surface area contributed by atoms with Crippen molar-refractivity contribution >= 4 is 10.1 Å². The molecule has 0 heterocycles. The van der Waals surface area contributed by atoms with Gasteiger partial charge in [0.05, 0.1) is 12.3 Å². The van der Waals surface area contributed by atoms with Gasteiger partial charge in [0.2, 0.25) is 0 Å². The van der Waals surface area contributed by atoms with Crippen LogP contribution in [0.3, 0.4) is 0 Å². The Bertz CT molecular complexity index is 566. The maximum Gasteiger partial charge on any atom is 0.264 e. The summed E-state index contributed by atoms with van der Waals surface area (Å²) in [4.78, 5) is 0. The third-order valence-electron chi connectivity index (χ3n) is 2.12. The Morgan fingerprint density at radius 2 is 2.06 bits per heavy atom. The van der Waals surface area contributed by atoms with E-state index in [1.54, 1.807) is 0 Å². The molecule has 0 aliphatic carbocycles. The van der Waals surface area contributed by atoms with E-state index in [0.29, 0.717) is 0 Å². The third-order valence-corrected chi connectivity index (χ3v) is 2.71. The smallest absolute Gasteiger partial charge is 0.262 e. The molecule has 1 unspecified atom stereocenters. The first-order valence-electron chi connectivity index (χ1n) is 5.03. The molecule has 0 spiro atoms. The summed E-state index contributed by atoms with van der Waals surface area (Å²) in [6.07, 6.45) is -0.0187. The van der Waals surface area contributed by atoms with Gasteiger partial charge < -0.3 is 0 Å². The molecule has 1 atom stereocenters. The zero-order chi connectivity index (χ0) is 13.8. The highest BCUT2D eigenvalue weighted by atomic mass is 32.2. The first-order valence-corrected chi connectivity index (χ1v) is 6.85. The first-order chi connectivity index (χ1) is 8.33. The van der Waals surface area contributed by atoms with Crippen LogP contribution in [0, 0.1) is 23.0 Å². The molecule has 0 bridgehead atoms. The maximum absolute atomic E-state index is 13.0. The number of nitrogens with zero attached hydrogens (tertiary/aromatic N) is 1. The lowest BCUT2D eigenvalue weighted by molar-refractivity contribution is 0.206. The van der Waals surface area contributed by atoms with E-state index in [1.807, 2.05) is 6.07 Å². The van der Waals surface area contributed by atoms with Crippen molar-refractivity contribution in [3.8, 4) is 6.07 Å². The normalized spacial score (nSPS) is 13.0. The fourth-order valence-corrected chi connectivity index (χ4v) is 2.02. The number of nitriles is 1. The lowest BCUT2D eigenvalue weighted by atomic mass is 10.1. The average molecular weight is 275 g/mol. The Morgan fingerprint density at radius 3 is 2.56 bits per heavy atom. The molecular weight excluding hydrogens is 264 g/mol. The Kier molecular flexibility index (Phi) is 4.76. The molecular formula is C11H11F2NO3S. The van der Waals surface area contributed by atoms with Crippen LogP contribution in [0.1, 0.15) is 24.5 Å². The minimum absolute atomic E-state index is 0.0409. The summed E-state index contributed by atoms with van der Waals surface area (Å²) < 4.78 is 52.7. The molecule has 98 valence electrons. The van der Waals surface area contributed by atoms with Crippen LogP contribution >= 0.6 is 0 Å². The van der Waals surface area contributed by atoms with Crippen molar-refractivity contribution in [3.05, 3.63) is 35.4 Å². The molecule has 4 nitrogen and oxygen atoms in total. The van der Waals surface area contributed by atoms with Gasteiger partial charge >= 0.3 is 0 Å². The largest absolute Gasteiger partial charge is 0.264 e. The first kappa shape index (κ1) is 14.5. The van der Waals surface area contributed by atoms with E-state index in [4.69, 9.17) is 9.44 Å². The monoisotopic (exact) mass is 275 g/mol. The SMILES string of the molecule is CS(=O)(=O)OC(CCC#N)c1ccc(F)c(F)c1. The summed E-state index contributed by atoms with van der Waals surface area (Å²) in [5.41, 5.74) is 0.176. The molecule has 0 radical (unpaired) electrons. The molecule has 0 N–H and O–H groups in total. The second-order valence-corrected chi connectivity index (χ2v) is 5.26. The Hall–Kier alpha value is -1.52. The molecule has 0 fully saturated rings. The maximum atomic E-state index is 13.0. The van der Waals surface area contributed by atoms with Crippen molar-refractivity contribution in [1.82, 2.24) is 0 Å². The quantitative estimate of drug-likeness (QED) is 0.773. The van der Waals surface area contributed by atoms with Gasteiger partial charge in [0.25, 0.3) is 10.1 Å². The summed E-state index contributed by atoms with van der Waals surface area (Å²) in [6.45, 7) is 0. The van der Waals surface area contributed by atoms with E-state index in [2.05, 4.69) is 0 Å². The Morgan fingerprint density at radius 1 is 1.39 bits per heavy atom. The van der Waals surface area contributed by atoms with E-state index >= 15 is 0 Å². The highest BCUT2D eigenvalue weighted by Gasteiger charge is 2.19. The van der Waals surface area contributed by atoms with Gasteiger partial charge in [0, 0.05) is 6.42 Å². The van der Waals surface area contributed by atoms with E-state index < -0.39 is 27.9 Å². The molecule has 7 heteroatoms. The Labute approximate surface area is 104 Å². The molecule has 0 amide bonds. The highest BCUT2D eigenvalue weighted by molar-refractivity contribution is 7.86. The summed E-state index contributed by atoms with van der Waals surface area (Å²) in [7, 11) is -3.75. The van der Waals surface area contributed by atoms with Crippen molar-refractivity contribution in [1.29, 1.82) is 5.26 Å².